The average Bonchev–Trinajstić information content (AvgIpc) is 2.74. The summed E-state index contributed by atoms with van der Waals surface area (Å²) in [5.74, 6) is 0.401. The number of carbonyl (C=O) groups excluding carboxylic acids is 1. The van der Waals surface area contributed by atoms with Crippen molar-refractivity contribution in [3.05, 3.63) is 58.6 Å². The van der Waals surface area contributed by atoms with Crippen LogP contribution in [0.3, 0.4) is 0 Å². The Labute approximate surface area is 180 Å². The number of hydrogen-bond donors (Lipinski definition) is 0. The maximum absolute atomic E-state index is 13.0. The Bertz CT molecular complexity index is 946. The highest BCUT2D eigenvalue weighted by molar-refractivity contribution is 9.10. The average molecular weight is 481 g/mol. The molecule has 0 spiro atoms. The van der Waals surface area contributed by atoms with E-state index < -0.39 is 10.0 Å². The quantitative estimate of drug-likeness (QED) is 0.634. The molecule has 2 aromatic rings. The SMILES string of the molecule is COc1ccc(CN(C)C(=O)[C@@H]2CCCN(S(=O)(=O)c3ccc(Br)cc3)C2)cc1. The Kier molecular flexibility index (Phi) is 6.97. The molecule has 1 amide bonds. The second-order valence-corrected chi connectivity index (χ2v) is 10.1. The molecule has 1 saturated heterocycles. The van der Waals surface area contributed by atoms with Gasteiger partial charge in [0.2, 0.25) is 15.9 Å². The van der Waals surface area contributed by atoms with Crippen molar-refractivity contribution >= 4 is 31.9 Å². The molecule has 1 atom stereocenters. The van der Waals surface area contributed by atoms with E-state index in [2.05, 4.69) is 15.9 Å². The summed E-state index contributed by atoms with van der Waals surface area (Å²) in [7, 11) is -0.238. The van der Waals surface area contributed by atoms with Crippen LogP contribution in [0.15, 0.2) is 57.9 Å². The molecule has 1 aliphatic rings. The van der Waals surface area contributed by atoms with Crippen molar-refractivity contribution in [3.63, 3.8) is 0 Å². The highest BCUT2D eigenvalue weighted by Crippen LogP contribution is 2.26. The summed E-state index contributed by atoms with van der Waals surface area (Å²) in [5.41, 5.74) is 0.997. The van der Waals surface area contributed by atoms with Crippen LogP contribution in [0, 0.1) is 5.92 Å². The van der Waals surface area contributed by atoms with Gasteiger partial charge in [0.05, 0.1) is 17.9 Å². The molecule has 8 heteroatoms. The number of ether oxygens (including phenoxy) is 1. The van der Waals surface area contributed by atoms with Crippen LogP contribution in [0.25, 0.3) is 0 Å². The van der Waals surface area contributed by atoms with Gasteiger partial charge in [-0.2, -0.15) is 4.31 Å². The Morgan fingerprint density at radius 2 is 1.83 bits per heavy atom. The Hall–Kier alpha value is -1.90. The van der Waals surface area contributed by atoms with Gasteiger partial charge >= 0.3 is 0 Å². The van der Waals surface area contributed by atoms with E-state index >= 15 is 0 Å². The Balaban J connectivity index is 1.67. The summed E-state index contributed by atoms with van der Waals surface area (Å²) in [5, 5.41) is 0. The van der Waals surface area contributed by atoms with Crippen LogP contribution in [0.4, 0.5) is 0 Å². The molecule has 0 bridgehead atoms. The molecule has 29 heavy (non-hydrogen) atoms. The zero-order valence-corrected chi connectivity index (χ0v) is 18.9. The lowest BCUT2D eigenvalue weighted by atomic mass is 9.98. The van der Waals surface area contributed by atoms with Crippen molar-refractivity contribution in [2.45, 2.75) is 24.3 Å². The number of benzene rings is 2. The van der Waals surface area contributed by atoms with Gasteiger partial charge in [-0.3, -0.25) is 4.79 Å². The lowest BCUT2D eigenvalue weighted by Crippen LogP contribution is -2.45. The summed E-state index contributed by atoms with van der Waals surface area (Å²) >= 11 is 3.32. The molecule has 0 aliphatic carbocycles. The van der Waals surface area contributed by atoms with Gasteiger partial charge in [-0.05, 0) is 54.8 Å². The molecule has 1 heterocycles. The number of nitrogens with zero attached hydrogens (tertiary/aromatic N) is 2. The van der Waals surface area contributed by atoms with E-state index in [0.717, 1.165) is 15.8 Å². The van der Waals surface area contributed by atoms with Crippen molar-refractivity contribution in [1.82, 2.24) is 9.21 Å². The maximum atomic E-state index is 13.0. The lowest BCUT2D eigenvalue weighted by Gasteiger charge is -2.33. The van der Waals surface area contributed by atoms with E-state index in [9.17, 15) is 13.2 Å². The second-order valence-electron chi connectivity index (χ2n) is 7.20. The fourth-order valence-corrected chi connectivity index (χ4v) is 5.30. The maximum Gasteiger partial charge on any atom is 0.243 e. The minimum absolute atomic E-state index is 0.0310. The number of hydrogen-bond acceptors (Lipinski definition) is 4. The van der Waals surface area contributed by atoms with Crippen LogP contribution in [0.2, 0.25) is 0 Å². The third-order valence-electron chi connectivity index (χ3n) is 5.14. The predicted octanol–water partition coefficient (Wildman–Crippen LogP) is 3.52. The van der Waals surface area contributed by atoms with E-state index in [0.29, 0.717) is 25.9 Å². The standard InChI is InChI=1S/C21H25BrN2O4S/c1-23(14-16-5-9-19(28-2)10-6-16)21(25)17-4-3-13-24(15-17)29(26,27)20-11-7-18(22)8-12-20/h5-12,17H,3-4,13-15H2,1-2H3/t17-/m1/s1. The van der Waals surface area contributed by atoms with E-state index in [1.165, 1.54) is 4.31 Å². The Morgan fingerprint density at radius 3 is 2.45 bits per heavy atom. The van der Waals surface area contributed by atoms with Crippen LogP contribution in [-0.2, 0) is 21.4 Å². The monoisotopic (exact) mass is 480 g/mol. The van der Waals surface area contributed by atoms with Crippen LogP contribution in [-0.4, -0.2) is 50.8 Å². The van der Waals surface area contributed by atoms with Crippen LogP contribution in [0.5, 0.6) is 5.75 Å². The molecule has 0 unspecified atom stereocenters. The van der Waals surface area contributed by atoms with Gasteiger partial charge in [-0.15, -0.1) is 0 Å². The van der Waals surface area contributed by atoms with Gasteiger partial charge < -0.3 is 9.64 Å². The van der Waals surface area contributed by atoms with Crippen molar-refractivity contribution in [2.24, 2.45) is 5.92 Å². The van der Waals surface area contributed by atoms with Crippen molar-refractivity contribution in [3.8, 4) is 5.75 Å². The Morgan fingerprint density at radius 1 is 1.17 bits per heavy atom. The molecular weight excluding hydrogens is 456 g/mol. The third-order valence-corrected chi connectivity index (χ3v) is 7.55. The normalized spacial score (nSPS) is 17.7. The zero-order valence-electron chi connectivity index (χ0n) is 16.5. The highest BCUT2D eigenvalue weighted by Gasteiger charge is 2.34. The number of carbonyl (C=O) groups is 1. The van der Waals surface area contributed by atoms with E-state index in [1.807, 2.05) is 24.3 Å². The first-order valence-electron chi connectivity index (χ1n) is 9.45. The number of halogens is 1. The summed E-state index contributed by atoms with van der Waals surface area (Å²) in [6.45, 7) is 1.12. The van der Waals surface area contributed by atoms with E-state index in [4.69, 9.17) is 4.74 Å². The third kappa shape index (κ3) is 5.18. The van der Waals surface area contributed by atoms with Crippen LogP contribution >= 0.6 is 15.9 Å². The molecule has 0 N–H and O–H groups in total. The minimum Gasteiger partial charge on any atom is -0.497 e. The number of rotatable bonds is 6. The highest BCUT2D eigenvalue weighted by atomic mass is 79.9. The molecular formula is C21H25BrN2O4S. The molecule has 0 radical (unpaired) electrons. The molecule has 156 valence electrons. The van der Waals surface area contributed by atoms with Crippen molar-refractivity contribution in [2.75, 3.05) is 27.2 Å². The molecule has 1 fully saturated rings. The van der Waals surface area contributed by atoms with Crippen LogP contribution < -0.4 is 4.74 Å². The fraction of sp³-hybridized carbons (Fsp3) is 0.381. The predicted molar refractivity (Wildman–Crippen MR) is 115 cm³/mol. The second kappa shape index (κ2) is 9.28. The number of amides is 1. The first kappa shape index (κ1) is 21.8. The molecule has 0 saturated carbocycles. The van der Waals surface area contributed by atoms with Gasteiger partial charge in [0.25, 0.3) is 0 Å². The van der Waals surface area contributed by atoms with Gasteiger partial charge in [0.1, 0.15) is 5.75 Å². The number of sulfonamides is 1. The fourth-order valence-electron chi connectivity index (χ4n) is 3.51. The summed E-state index contributed by atoms with van der Waals surface area (Å²) in [6.07, 6.45) is 1.36. The lowest BCUT2D eigenvalue weighted by molar-refractivity contribution is -0.135. The topological polar surface area (TPSA) is 66.9 Å². The summed E-state index contributed by atoms with van der Waals surface area (Å²) in [6, 6.07) is 14.2. The molecule has 1 aliphatic heterocycles. The first-order valence-corrected chi connectivity index (χ1v) is 11.7. The smallest absolute Gasteiger partial charge is 0.243 e. The van der Waals surface area contributed by atoms with E-state index in [1.54, 1.807) is 43.3 Å². The van der Waals surface area contributed by atoms with Crippen LogP contribution in [0.1, 0.15) is 18.4 Å². The van der Waals surface area contributed by atoms with Gasteiger partial charge in [-0.25, -0.2) is 8.42 Å². The zero-order chi connectivity index (χ0) is 21.0. The number of methoxy groups -OCH3 is 1. The van der Waals surface area contributed by atoms with E-state index in [-0.39, 0.29) is 23.3 Å². The van der Waals surface area contributed by atoms with Gasteiger partial charge in [0.15, 0.2) is 0 Å². The molecule has 3 rings (SSSR count). The number of piperidine rings is 1. The summed E-state index contributed by atoms with van der Waals surface area (Å²) < 4.78 is 33.3. The molecule has 2 aromatic carbocycles. The van der Waals surface area contributed by atoms with Crippen molar-refractivity contribution < 1.29 is 17.9 Å². The van der Waals surface area contributed by atoms with Gasteiger partial charge in [0, 0.05) is 31.2 Å². The van der Waals surface area contributed by atoms with Gasteiger partial charge in [-0.1, -0.05) is 28.1 Å². The largest absolute Gasteiger partial charge is 0.497 e. The molecule has 6 nitrogen and oxygen atoms in total. The summed E-state index contributed by atoms with van der Waals surface area (Å²) in [4.78, 5) is 14.9. The molecule has 0 aromatic heterocycles. The first-order chi connectivity index (χ1) is 13.8. The minimum atomic E-state index is -3.61. The van der Waals surface area contributed by atoms with Crippen molar-refractivity contribution in [1.29, 1.82) is 0 Å².